The van der Waals surface area contributed by atoms with Crippen molar-refractivity contribution in [2.45, 2.75) is 77.0 Å². The first-order chi connectivity index (χ1) is 16.0. The lowest BCUT2D eigenvalue weighted by atomic mass is 9.50. The van der Waals surface area contributed by atoms with Gasteiger partial charge in [0.15, 0.2) is 0 Å². The number of allylic oxidation sites excluding steroid dienone is 3. The highest BCUT2D eigenvalue weighted by Crippen LogP contribution is 2.66. The van der Waals surface area contributed by atoms with Crippen molar-refractivity contribution in [3.05, 3.63) is 59.2 Å². The second kappa shape index (κ2) is 8.29. The second-order valence-electron chi connectivity index (χ2n) is 11.8. The number of benzene rings is 1. The van der Waals surface area contributed by atoms with E-state index in [1.165, 1.54) is 21.7 Å². The molecule has 1 aromatic carbocycles. The molecule has 186 valence electrons. The van der Waals surface area contributed by atoms with Gasteiger partial charge in [-0.15, -0.1) is 0 Å². The number of nitrogens with zero attached hydrogens (tertiary/aromatic N) is 1. The summed E-state index contributed by atoms with van der Waals surface area (Å²) in [5, 5.41) is 22.3. The fraction of sp³-hybridized carbons (Fsp3) is 0.643. The van der Waals surface area contributed by atoms with Gasteiger partial charge in [0.2, 0.25) is 10.0 Å². The Kier molecular flexibility index (Phi) is 5.91. The van der Waals surface area contributed by atoms with Gasteiger partial charge < -0.3 is 10.2 Å². The maximum absolute atomic E-state index is 12.8. The first-order valence-electron chi connectivity index (χ1n) is 12.8. The number of hydrogen-bond donors (Lipinski definition) is 2. The summed E-state index contributed by atoms with van der Waals surface area (Å²) in [4.78, 5) is 0. The van der Waals surface area contributed by atoms with Gasteiger partial charge in [-0.25, -0.2) is 8.42 Å². The zero-order valence-electron chi connectivity index (χ0n) is 20.7. The number of rotatable bonds is 5. The molecular weight excluding hydrogens is 446 g/mol. The topological polar surface area (TPSA) is 77.8 Å². The van der Waals surface area contributed by atoms with E-state index in [4.69, 9.17) is 0 Å². The number of aliphatic hydroxyl groups is 2. The van der Waals surface area contributed by atoms with Gasteiger partial charge in [-0.3, -0.25) is 0 Å². The Balaban J connectivity index is 1.44. The van der Waals surface area contributed by atoms with Crippen molar-refractivity contribution in [2.75, 3.05) is 12.8 Å². The van der Waals surface area contributed by atoms with E-state index < -0.39 is 15.6 Å². The van der Waals surface area contributed by atoms with Crippen molar-refractivity contribution in [1.29, 1.82) is 0 Å². The predicted octanol–water partition coefficient (Wildman–Crippen LogP) is 4.42. The molecule has 3 fully saturated rings. The van der Waals surface area contributed by atoms with Crippen molar-refractivity contribution in [3.8, 4) is 0 Å². The molecule has 5 rings (SSSR count). The normalized spacial score (nSPS) is 39.6. The molecule has 0 saturated heterocycles. The van der Waals surface area contributed by atoms with Crippen LogP contribution in [0.25, 0.3) is 0 Å². The van der Waals surface area contributed by atoms with Crippen molar-refractivity contribution in [2.24, 2.45) is 22.7 Å². The lowest BCUT2D eigenvalue weighted by Crippen LogP contribution is -2.56. The zero-order valence-corrected chi connectivity index (χ0v) is 21.5. The molecule has 3 saturated carbocycles. The largest absolute Gasteiger partial charge is 0.393 e. The van der Waals surface area contributed by atoms with Crippen LogP contribution in [0.4, 0.5) is 0 Å². The first kappa shape index (κ1) is 24.2. The van der Waals surface area contributed by atoms with E-state index >= 15 is 0 Å². The minimum absolute atomic E-state index is 0.0947. The minimum atomic E-state index is -3.48. The average molecular weight is 486 g/mol. The molecule has 1 aromatic rings. The molecule has 5 nitrogen and oxygen atoms in total. The highest BCUT2D eigenvalue weighted by Gasteiger charge is 2.62. The van der Waals surface area contributed by atoms with Crippen molar-refractivity contribution < 1.29 is 18.6 Å². The first-order valence-corrected chi connectivity index (χ1v) is 14.6. The van der Waals surface area contributed by atoms with Gasteiger partial charge in [0.1, 0.15) is 0 Å². The third-order valence-corrected chi connectivity index (χ3v) is 11.2. The summed E-state index contributed by atoms with van der Waals surface area (Å²) in [6, 6.07) is 9.63. The van der Waals surface area contributed by atoms with Gasteiger partial charge in [0.25, 0.3) is 0 Å². The van der Waals surface area contributed by atoms with Crippen molar-refractivity contribution in [3.63, 3.8) is 0 Å². The van der Waals surface area contributed by atoms with E-state index in [9.17, 15) is 18.6 Å². The maximum Gasteiger partial charge on any atom is 0.211 e. The fourth-order valence-corrected chi connectivity index (χ4v) is 8.56. The molecule has 0 amide bonds. The van der Waals surface area contributed by atoms with Gasteiger partial charge in [-0.05, 0) is 67.8 Å². The summed E-state index contributed by atoms with van der Waals surface area (Å²) in [5.41, 5.74) is 2.43. The third kappa shape index (κ3) is 3.82. The summed E-state index contributed by atoms with van der Waals surface area (Å²) in [7, 11) is -3.48. The Morgan fingerprint density at radius 1 is 1.00 bits per heavy atom. The van der Waals surface area contributed by atoms with Crippen LogP contribution >= 0.6 is 0 Å². The van der Waals surface area contributed by atoms with Gasteiger partial charge >= 0.3 is 0 Å². The number of aliphatic hydroxyl groups excluding tert-OH is 1. The average Bonchev–Trinajstić information content (AvgIpc) is 3.05. The third-order valence-electron chi connectivity index (χ3n) is 9.98. The molecule has 0 bridgehead atoms. The Morgan fingerprint density at radius 3 is 2.41 bits per heavy atom. The van der Waals surface area contributed by atoms with E-state index in [1.54, 1.807) is 0 Å². The minimum Gasteiger partial charge on any atom is -0.393 e. The smallest absolute Gasteiger partial charge is 0.211 e. The Labute approximate surface area is 204 Å². The van der Waals surface area contributed by atoms with Gasteiger partial charge in [-0.1, -0.05) is 67.5 Å². The van der Waals surface area contributed by atoms with E-state index in [0.717, 1.165) is 44.1 Å². The summed E-state index contributed by atoms with van der Waals surface area (Å²) < 4.78 is 27.0. The van der Waals surface area contributed by atoms with Gasteiger partial charge in [-0.2, -0.15) is 4.31 Å². The van der Waals surface area contributed by atoms with Crippen molar-refractivity contribution in [1.82, 2.24) is 4.31 Å². The SMILES string of the molecule is C[C@]12CC[C@H](O)CC1=CC=C1[C@@H]2CC[C@@]2(C)[C@H]1CC[C@@]2(O)CN(Cc1ccccc1)S(C)(=O)=O. The molecule has 0 aromatic heterocycles. The lowest BCUT2D eigenvalue weighted by molar-refractivity contribution is -0.0933. The summed E-state index contributed by atoms with van der Waals surface area (Å²) in [6.07, 6.45) is 11.6. The van der Waals surface area contributed by atoms with E-state index in [0.29, 0.717) is 12.3 Å². The number of hydrogen-bond acceptors (Lipinski definition) is 4. The summed E-state index contributed by atoms with van der Waals surface area (Å²) in [5.74, 6) is 0.714. The Hall–Kier alpha value is -1.47. The van der Waals surface area contributed by atoms with Crippen LogP contribution in [-0.2, 0) is 16.6 Å². The Morgan fingerprint density at radius 2 is 1.71 bits per heavy atom. The van der Waals surface area contributed by atoms with Crippen LogP contribution in [-0.4, -0.2) is 47.4 Å². The molecule has 6 atom stereocenters. The van der Waals surface area contributed by atoms with E-state index in [2.05, 4.69) is 26.0 Å². The van der Waals surface area contributed by atoms with Gasteiger partial charge in [0.05, 0.1) is 18.0 Å². The molecule has 4 aliphatic carbocycles. The van der Waals surface area contributed by atoms with Crippen LogP contribution < -0.4 is 0 Å². The molecule has 6 heteroatoms. The second-order valence-corrected chi connectivity index (χ2v) is 13.8. The van der Waals surface area contributed by atoms with Gasteiger partial charge in [0, 0.05) is 18.5 Å². The highest BCUT2D eigenvalue weighted by molar-refractivity contribution is 7.88. The molecule has 0 heterocycles. The lowest BCUT2D eigenvalue weighted by Gasteiger charge is -2.56. The van der Waals surface area contributed by atoms with E-state index in [1.807, 2.05) is 30.3 Å². The van der Waals surface area contributed by atoms with E-state index in [-0.39, 0.29) is 35.9 Å². The van der Waals surface area contributed by atoms with Crippen LogP contribution in [0.5, 0.6) is 0 Å². The van der Waals surface area contributed by atoms with Crippen LogP contribution in [0.1, 0.15) is 64.4 Å². The number of fused-ring (bicyclic) bond motifs is 5. The molecule has 0 spiro atoms. The standard InChI is InChI=1S/C28H39NO4S/c1-26-14-11-22(30)17-21(26)9-10-23-24(26)12-15-27(2)25(23)13-16-28(27,31)19-29(34(3,32)33)18-20-7-5-4-6-8-20/h4-10,22,24-25,30-31H,11-19H2,1-3H3/t22-,24-,25-,26-,27-,28+/m0/s1. The molecule has 0 aliphatic heterocycles. The van der Waals surface area contributed by atoms with Crippen molar-refractivity contribution >= 4 is 10.0 Å². The monoisotopic (exact) mass is 485 g/mol. The molecule has 4 aliphatic rings. The summed E-state index contributed by atoms with van der Waals surface area (Å²) in [6.45, 7) is 4.98. The molecular formula is C28H39NO4S. The molecule has 0 radical (unpaired) electrons. The Bertz CT molecular complexity index is 1110. The van der Waals surface area contributed by atoms with Crippen LogP contribution in [0, 0.1) is 22.7 Å². The van der Waals surface area contributed by atoms with Crippen LogP contribution in [0.15, 0.2) is 53.6 Å². The number of sulfonamides is 1. The molecule has 34 heavy (non-hydrogen) atoms. The van der Waals surface area contributed by atoms with Crippen LogP contribution in [0.2, 0.25) is 0 Å². The quantitative estimate of drug-likeness (QED) is 0.647. The molecule has 0 unspecified atom stereocenters. The predicted molar refractivity (Wildman–Crippen MR) is 134 cm³/mol. The summed E-state index contributed by atoms with van der Waals surface area (Å²) >= 11 is 0. The van der Waals surface area contributed by atoms with Crippen LogP contribution in [0.3, 0.4) is 0 Å². The maximum atomic E-state index is 12.8. The molecule has 2 N–H and O–H groups in total. The highest BCUT2D eigenvalue weighted by atomic mass is 32.2. The fourth-order valence-electron chi connectivity index (χ4n) is 7.72. The zero-order chi connectivity index (χ0) is 24.4.